The molecule has 3 unspecified atom stereocenters. The third kappa shape index (κ3) is 1.63. The van der Waals surface area contributed by atoms with Gasteiger partial charge >= 0.3 is 5.97 Å². The molecule has 106 valence electrons. The van der Waals surface area contributed by atoms with Gasteiger partial charge in [0.1, 0.15) is 5.75 Å². The topological polar surface area (TPSA) is 38.8 Å². The van der Waals surface area contributed by atoms with E-state index in [0.717, 1.165) is 17.4 Å². The largest absolute Gasteiger partial charge is 0.493 e. The lowest BCUT2D eigenvalue weighted by molar-refractivity contribution is -0.147. The molecule has 1 aromatic rings. The van der Waals surface area contributed by atoms with Crippen LogP contribution in [0.15, 0.2) is 24.3 Å². The summed E-state index contributed by atoms with van der Waals surface area (Å²) in [5.41, 5.74) is 1.22. The molecule has 3 heterocycles. The fraction of sp³-hybridized carbons (Fsp3) is 0.533. The summed E-state index contributed by atoms with van der Waals surface area (Å²) in [5.74, 6) is 3.03. The fourth-order valence-electron chi connectivity index (χ4n) is 3.91. The second-order valence-corrected chi connectivity index (χ2v) is 6.59. The molecule has 3 aliphatic heterocycles. The molecule has 0 N–H and O–H groups in total. The minimum atomic E-state index is -0.0852. The number of hydrogen-bond acceptors (Lipinski definition) is 5. The van der Waals surface area contributed by atoms with Gasteiger partial charge in [-0.25, -0.2) is 0 Å². The van der Waals surface area contributed by atoms with Gasteiger partial charge in [-0.3, -0.25) is 9.69 Å². The van der Waals surface area contributed by atoms with Gasteiger partial charge in [0.25, 0.3) is 0 Å². The van der Waals surface area contributed by atoms with Crippen molar-refractivity contribution < 1.29 is 14.3 Å². The number of carbonyl (C=O) groups is 1. The highest BCUT2D eigenvalue weighted by Crippen LogP contribution is 2.53. The molecule has 2 fully saturated rings. The molecule has 20 heavy (non-hydrogen) atoms. The Hall–Kier alpha value is -1.20. The summed E-state index contributed by atoms with van der Waals surface area (Å²) in [4.78, 5) is 14.7. The Bertz CT molecular complexity index is 550. The van der Waals surface area contributed by atoms with Crippen LogP contribution in [0.2, 0.25) is 0 Å². The monoisotopic (exact) mass is 291 g/mol. The van der Waals surface area contributed by atoms with Gasteiger partial charge in [0, 0.05) is 35.2 Å². The third-order valence-corrected chi connectivity index (χ3v) is 5.79. The number of ether oxygens (including phenoxy) is 2. The molecule has 0 saturated carbocycles. The van der Waals surface area contributed by atoms with Crippen molar-refractivity contribution in [3.8, 4) is 5.75 Å². The average molecular weight is 291 g/mol. The summed E-state index contributed by atoms with van der Waals surface area (Å²) >= 11 is 1.91. The first-order valence-corrected chi connectivity index (χ1v) is 8.10. The summed E-state index contributed by atoms with van der Waals surface area (Å²) < 4.78 is 10.9. The second-order valence-electron chi connectivity index (χ2n) is 5.59. The average Bonchev–Trinajstić information content (AvgIpc) is 3.06. The van der Waals surface area contributed by atoms with Crippen molar-refractivity contribution in [2.45, 2.75) is 12.1 Å². The molecule has 0 radical (unpaired) electrons. The Balaban J connectivity index is 1.78. The number of hydrogen-bond donors (Lipinski definition) is 0. The van der Waals surface area contributed by atoms with Crippen molar-refractivity contribution in [2.75, 3.05) is 25.3 Å². The van der Waals surface area contributed by atoms with Crippen LogP contribution in [0, 0.1) is 11.8 Å². The predicted octanol–water partition coefficient (Wildman–Crippen LogP) is 1.91. The highest BCUT2D eigenvalue weighted by molar-refractivity contribution is 7.99. The molecule has 0 aliphatic carbocycles. The molecular weight excluding hydrogens is 274 g/mol. The lowest BCUT2D eigenvalue weighted by Crippen LogP contribution is -2.35. The number of para-hydroxylation sites is 1. The van der Waals surface area contributed by atoms with Gasteiger partial charge in [0.05, 0.1) is 19.6 Å². The number of carbonyl (C=O) groups excluding carboxylic acids is 1. The number of rotatable bonds is 1. The van der Waals surface area contributed by atoms with Crippen molar-refractivity contribution in [1.29, 1.82) is 0 Å². The van der Waals surface area contributed by atoms with Crippen LogP contribution < -0.4 is 4.74 Å². The maximum atomic E-state index is 12.2. The molecule has 5 heteroatoms. The summed E-state index contributed by atoms with van der Waals surface area (Å²) in [6.45, 7) is 0.610. The maximum Gasteiger partial charge on any atom is 0.310 e. The molecule has 0 bridgehead atoms. The summed E-state index contributed by atoms with van der Waals surface area (Å²) in [7, 11) is 1.49. The molecule has 3 aliphatic rings. The molecule has 0 aromatic heterocycles. The van der Waals surface area contributed by atoms with E-state index in [9.17, 15) is 4.79 Å². The van der Waals surface area contributed by atoms with E-state index >= 15 is 0 Å². The van der Waals surface area contributed by atoms with Crippen LogP contribution in [0.4, 0.5) is 0 Å². The molecule has 2 saturated heterocycles. The summed E-state index contributed by atoms with van der Waals surface area (Å²) in [5, 5.41) is 0. The normalized spacial score (nSPS) is 34.9. The van der Waals surface area contributed by atoms with Crippen LogP contribution in [0.1, 0.15) is 11.6 Å². The van der Waals surface area contributed by atoms with E-state index in [0.29, 0.717) is 12.6 Å². The molecular formula is C15H17NO3S. The van der Waals surface area contributed by atoms with E-state index in [2.05, 4.69) is 11.0 Å². The quantitative estimate of drug-likeness (QED) is 0.739. The van der Waals surface area contributed by atoms with Gasteiger partial charge in [0.2, 0.25) is 0 Å². The zero-order valence-electron chi connectivity index (χ0n) is 11.3. The Morgan fingerprint density at radius 1 is 1.45 bits per heavy atom. The van der Waals surface area contributed by atoms with Gasteiger partial charge in [-0.15, -0.1) is 11.8 Å². The zero-order chi connectivity index (χ0) is 13.7. The van der Waals surface area contributed by atoms with Crippen LogP contribution in [0.3, 0.4) is 0 Å². The Labute approximate surface area is 122 Å². The van der Waals surface area contributed by atoms with Crippen LogP contribution >= 0.6 is 11.8 Å². The summed E-state index contributed by atoms with van der Waals surface area (Å²) in [6, 6.07) is 8.79. The van der Waals surface area contributed by atoms with Gasteiger partial charge in [-0.2, -0.15) is 0 Å². The maximum absolute atomic E-state index is 12.2. The first-order valence-electron chi connectivity index (χ1n) is 6.94. The van der Waals surface area contributed by atoms with Crippen molar-refractivity contribution >= 4 is 17.7 Å². The van der Waals surface area contributed by atoms with E-state index < -0.39 is 0 Å². The number of esters is 1. The van der Waals surface area contributed by atoms with Gasteiger partial charge in [-0.1, -0.05) is 18.2 Å². The van der Waals surface area contributed by atoms with Crippen LogP contribution in [0.5, 0.6) is 5.75 Å². The SMILES string of the molecule is COC(=O)[C@H]1C2COc3ccccc3C2N2CSCC12. The molecule has 0 amide bonds. The van der Waals surface area contributed by atoms with Crippen LogP contribution in [-0.4, -0.2) is 42.3 Å². The first kappa shape index (κ1) is 12.5. The fourth-order valence-corrected chi connectivity index (χ4v) is 5.22. The number of methoxy groups -OCH3 is 1. The van der Waals surface area contributed by atoms with E-state index in [4.69, 9.17) is 9.47 Å². The lowest BCUT2D eigenvalue weighted by atomic mass is 9.83. The highest BCUT2D eigenvalue weighted by Gasteiger charge is 2.56. The van der Waals surface area contributed by atoms with Crippen molar-refractivity contribution in [2.24, 2.45) is 11.8 Å². The number of fused-ring (bicyclic) bond motifs is 5. The summed E-state index contributed by atoms with van der Waals surface area (Å²) in [6.07, 6.45) is 0. The Kier molecular flexibility index (Phi) is 2.93. The molecule has 4 atom stereocenters. The predicted molar refractivity (Wildman–Crippen MR) is 76.6 cm³/mol. The molecule has 4 rings (SSSR count). The first-order chi connectivity index (χ1) is 9.81. The minimum Gasteiger partial charge on any atom is -0.493 e. The van der Waals surface area contributed by atoms with Crippen molar-refractivity contribution in [3.63, 3.8) is 0 Å². The molecule has 1 aromatic carbocycles. The zero-order valence-corrected chi connectivity index (χ0v) is 12.1. The minimum absolute atomic E-state index is 0.0617. The molecule has 0 spiro atoms. The second kappa shape index (κ2) is 4.67. The van der Waals surface area contributed by atoms with Crippen LogP contribution in [-0.2, 0) is 9.53 Å². The van der Waals surface area contributed by atoms with E-state index in [-0.39, 0.29) is 23.8 Å². The van der Waals surface area contributed by atoms with Crippen molar-refractivity contribution in [3.05, 3.63) is 29.8 Å². The van der Waals surface area contributed by atoms with Gasteiger partial charge in [-0.05, 0) is 6.07 Å². The van der Waals surface area contributed by atoms with Crippen molar-refractivity contribution in [1.82, 2.24) is 4.90 Å². The van der Waals surface area contributed by atoms with E-state index in [1.54, 1.807) is 0 Å². The van der Waals surface area contributed by atoms with Crippen LogP contribution in [0.25, 0.3) is 0 Å². The van der Waals surface area contributed by atoms with E-state index in [1.165, 1.54) is 12.7 Å². The molecule has 4 nitrogen and oxygen atoms in total. The Morgan fingerprint density at radius 3 is 3.15 bits per heavy atom. The lowest BCUT2D eigenvalue weighted by Gasteiger charge is -2.33. The standard InChI is InChI=1S/C15H17NO3S/c1-18-15(17)13-10-6-19-12-5-3-2-4-9(12)14(10)16-8-20-7-11(13)16/h2-5,10-11,13-14H,6-8H2,1H3/t10?,11?,13-,14?/m0/s1. The van der Waals surface area contributed by atoms with Gasteiger partial charge in [0.15, 0.2) is 0 Å². The number of nitrogens with zero attached hydrogens (tertiary/aromatic N) is 1. The highest BCUT2D eigenvalue weighted by atomic mass is 32.2. The third-order valence-electron chi connectivity index (χ3n) is 4.74. The van der Waals surface area contributed by atoms with Gasteiger partial charge < -0.3 is 9.47 Å². The number of thioether (sulfide) groups is 1. The van der Waals surface area contributed by atoms with E-state index in [1.807, 2.05) is 30.0 Å². The number of benzene rings is 1. The smallest absolute Gasteiger partial charge is 0.310 e. The Morgan fingerprint density at radius 2 is 2.30 bits per heavy atom.